The molecule has 0 saturated heterocycles. The monoisotopic (exact) mass is 250 g/mol. The molecule has 1 nitrogen and oxygen atoms in total. The molecule has 0 aliphatic heterocycles. The first-order valence-corrected chi connectivity index (χ1v) is 5.79. The highest BCUT2D eigenvalue weighted by atomic mass is 35.5. The molecule has 2 rings (SSSR count). The summed E-state index contributed by atoms with van der Waals surface area (Å²) in [5, 5.41) is -1.84. The van der Waals surface area contributed by atoms with Gasteiger partial charge in [-0.3, -0.25) is 4.79 Å². The van der Waals surface area contributed by atoms with Gasteiger partial charge in [-0.2, -0.15) is 0 Å². The lowest BCUT2D eigenvalue weighted by Crippen LogP contribution is -2.15. The van der Waals surface area contributed by atoms with Crippen LogP contribution in [0.1, 0.15) is 12.0 Å². The molecule has 0 N–H and O–H groups in total. The third-order valence-electron chi connectivity index (χ3n) is 2.63. The second-order valence-electron chi connectivity index (χ2n) is 4.04. The highest BCUT2D eigenvalue weighted by Gasteiger charge is 2.25. The largest absolute Gasteiger partial charge is 0.294 e. The fourth-order valence-electron chi connectivity index (χ4n) is 1.68. The van der Waals surface area contributed by atoms with E-state index in [0.29, 0.717) is 12.0 Å². The fourth-order valence-corrected chi connectivity index (χ4v) is 1.82. The van der Waals surface area contributed by atoms with Gasteiger partial charge in [0.2, 0.25) is 5.13 Å². The lowest BCUT2D eigenvalue weighted by molar-refractivity contribution is -0.114. The van der Waals surface area contributed by atoms with E-state index in [0.717, 1.165) is 5.56 Å². The van der Waals surface area contributed by atoms with Crippen molar-refractivity contribution in [2.75, 3.05) is 0 Å². The number of benzene rings is 1. The minimum atomic E-state index is -1.84. The molecule has 0 fully saturated rings. The Labute approximate surface area is 105 Å². The Bertz CT molecular complexity index is 474. The van der Waals surface area contributed by atoms with Crippen molar-refractivity contribution < 1.29 is 9.18 Å². The Balaban J connectivity index is 2.04. The summed E-state index contributed by atoms with van der Waals surface area (Å²) in [6.45, 7) is 0. The first-order chi connectivity index (χ1) is 8.07. The number of ketones is 1. The number of halogens is 2. The molecule has 1 aliphatic rings. The van der Waals surface area contributed by atoms with Crippen molar-refractivity contribution in [3.63, 3.8) is 0 Å². The summed E-state index contributed by atoms with van der Waals surface area (Å²) in [6, 6.07) is 9.47. The molecule has 1 atom stereocenters. The van der Waals surface area contributed by atoms with Crippen LogP contribution in [0.2, 0.25) is 0 Å². The molecule has 0 heterocycles. The predicted molar refractivity (Wildman–Crippen MR) is 66.7 cm³/mol. The minimum absolute atomic E-state index is 0.0142. The number of carbonyl (C=O) groups excluding carboxylic acids is 1. The van der Waals surface area contributed by atoms with Crippen LogP contribution >= 0.6 is 11.6 Å². The quantitative estimate of drug-likeness (QED) is 0.750. The van der Waals surface area contributed by atoms with E-state index in [9.17, 15) is 9.18 Å². The SMILES string of the molecule is O=C(Cc1ccccc1)C1=CCC(F)(Cl)C=C1. The van der Waals surface area contributed by atoms with Gasteiger partial charge in [0.25, 0.3) is 0 Å². The van der Waals surface area contributed by atoms with Gasteiger partial charge in [-0.05, 0) is 11.6 Å². The van der Waals surface area contributed by atoms with E-state index in [4.69, 9.17) is 11.6 Å². The molecule has 1 unspecified atom stereocenters. The maximum Gasteiger partial charge on any atom is 0.205 e. The predicted octanol–water partition coefficient (Wildman–Crippen LogP) is 3.59. The smallest absolute Gasteiger partial charge is 0.205 e. The molecule has 0 saturated carbocycles. The van der Waals surface area contributed by atoms with Gasteiger partial charge in [-0.1, -0.05) is 54.1 Å². The van der Waals surface area contributed by atoms with Gasteiger partial charge in [0, 0.05) is 18.4 Å². The van der Waals surface area contributed by atoms with E-state index in [1.807, 2.05) is 30.3 Å². The Morgan fingerprint density at radius 1 is 1.35 bits per heavy atom. The third kappa shape index (κ3) is 3.27. The summed E-state index contributed by atoms with van der Waals surface area (Å²) in [4.78, 5) is 11.9. The van der Waals surface area contributed by atoms with Crippen LogP contribution in [0.15, 0.2) is 54.1 Å². The van der Waals surface area contributed by atoms with Crippen LogP contribution in [0, 0.1) is 0 Å². The average Bonchev–Trinajstić information content (AvgIpc) is 2.30. The number of Topliss-reactive ketones (excluding diaryl/α,β-unsaturated/α-hetero) is 1. The lowest BCUT2D eigenvalue weighted by atomic mass is 9.98. The second-order valence-corrected chi connectivity index (χ2v) is 4.67. The van der Waals surface area contributed by atoms with Crippen molar-refractivity contribution in [2.24, 2.45) is 0 Å². The zero-order valence-electron chi connectivity index (χ0n) is 9.20. The Morgan fingerprint density at radius 2 is 2.06 bits per heavy atom. The maximum absolute atomic E-state index is 13.3. The first-order valence-electron chi connectivity index (χ1n) is 5.41. The van der Waals surface area contributed by atoms with Gasteiger partial charge in [0.05, 0.1) is 0 Å². The highest BCUT2D eigenvalue weighted by Crippen LogP contribution is 2.29. The van der Waals surface area contributed by atoms with Gasteiger partial charge < -0.3 is 0 Å². The number of hydrogen-bond acceptors (Lipinski definition) is 1. The molecule has 3 heteroatoms. The Hall–Kier alpha value is -1.41. The van der Waals surface area contributed by atoms with Crippen LogP contribution < -0.4 is 0 Å². The highest BCUT2D eigenvalue weighted by molar-refractivity contribution is 6.24. The van der Waals surface area contributed by atoms with Gasteiger partial charge >= 0.3 is 0 Å². The van der Waals surface area contributed by atoms with E-state index < -0.39 is 5.13 Å². The minimum Gasteiger partial charge on any atom is -0.294 e. The van der Waals surface area contributed by atoms with Crippen molar-refractivity contribution in [2.45, 2.75) is 18.0 Å². The van der Waals surface area contributed by atoms with Crippen molar-refractivity contribution in [3.8, 4) is 0 Å². The van der Waals surface area contributed by atoms with Crippen LogP contribution in [0.3, 0.4) is 0 Å². The van der Waals surface area contributed by atoms with E-state index in [1.54, 1.807) is 6.08 Å². The van der Waals surface area contributed by atoms with E-state index in [2.05, 4.69) is 0 Å². The summed E-state index contributed by atoms with van der Waals surface area (Å²) < 4.78 is 13.3. The summed E-state index contributed by atoms with van der Waals surface area (Å²) in [6.07, 6.45) is 4.62. The Morgan fingerprint density at radius 3 is 2.65 bits per heavy atom. The van der Waals surface area contributed by atoms with E-state index in [1.165, 1.54) is 12.2 Å². The second kappa shape index (κ2) is 4.84. The van der Waals surface area contributed by atoms with Gasteiger partial charge in [-0.25, -0.2) is 4.39 Å². The van der Waals surface area contributed by atoms with Crippen molar-refractivity contribution in [1.82, 2.24) is 0 Å². The van der Waals surface area contributed by atoms with Crippen LogP contribution in [0.25, 0.3) is 0 Å². The van der Waals surface area contributed by atoms with Crippen molar-refractivity contribution in [1.29, 1.82) is 0 Å². The molecule has 0 amide bonds. The molecule has 0 radical (unpaired) electrons. The maximum atomic E-state index is 13.3. The third-order valence-corrected chi connectivity index (χ3v) is 2.91. The standard InChI is InChI=1S/C14H12ClFO/c15-14(16)8-6-12(7-9-14)13(17)10-11-4-2-1-3-5-11/h1-8H,9-10H2. The number of carbonyl (C=O) groups is 1. The summed E-state index contributed by atoms with van der Waals surface area (Å²) in [7, 11) is 0. The first kappa shape index (κ1) is 12.1. The van der Waals surface area contributed by atoms with Crippen LogP contribution in [-0.4, -0.2) is 10.9 Å². The number of hydrogen-bond donors (Lipinski definition) is 0. The zero-order valence-corrected chi connectivity index (χ0v) is 9.95. The van der Waals surface area contributed by atoms with Crippen molar-refractivity contribution in [3.05, 3.63) is 59.7 Å². The molecule has 1 aliphatic carbocycles. The van der Waals surface area contributed by atoms with Crippen LogP contribution in [0.5, 0.6) is 0 Å². The summed E-state index contributed by atoms with van der Waals surface area (Å²) in [5.74, 6) is -0.0142. The molecule has 1 aromatic carbocycles. The fraction of sp³-hybridized carbons (Fsp3) is 0.214. The molecule has 17 heavy (non-hydrogen) atoms. The summed E-state index contributed by atoms with van der Waals surface area (Å²) >= 11 is 5.49. The number of rotatable bonds is 3. The van der Waals surface area contributed by atoms with Gasteiger partial charge in [0.15, 0.2) is 5.78 Å². The summed E-state index contributed by atoms with van der Waals surface area (Å²) in [5.41, 5.74) is 1.48. The zero-order chi connectivity index (χ0) is 12.3. The molecular formula is C14H12ClFO. The van der Waals surface area contributed by atoms with Crippen LogP contribution in [0.4, 0.5) is 4.39 Å². The topological polar surface area (TPSA) is 17.1 Å². The molecule has 1 aromatic rings. The average molecular weight is 251 g/mol. The molecule has 88 valence electrons. The molecule has 0 spiro atoms. The van der Waals surface area contributed by atoms with E-state index in [-0.39, 0.29) is 12.2 Å². The molecule has 0 aromatic heterocycles. The number of alkyl halides is 2. The number of allylic oxidation sites excluding steroid dienone is 4. The van der Waals surface area contributed by atoms with Gasteiger partial charge in [0.1, 0.15) is 0 Å². The van der Waals surface area contributed by atoms with E-state index >= 15 is 0 Å². The molecular weight excluding hydrogens is 239 g/mol. The van der Waals surface area contributed by atoms with Crippen LogP contribution in [-0.2, 0) is 11.2 Å². The van der Waals surface area contributed by atoms with Crippen molar-refractivity contribution >= 4 is 17.4 Å². The Kier molecular flexibility index (Phi) is 3.43. The van der Waals surface area contributed by atoms with Gasteiger partial charge in [-0.15, -0.1) is 0 Å². The normalized spacial score (nSPS) is 23.3. The molecule has 0 bridgehead atoms. The lowest BCUT2D eigenvalue weighted by Gasteiger charge is -2.15.